The molecule has 10 heteroatoms. The zero-order valence-corrected chi connectivity index (χ0v) is 23.5. The Labute approximate surface area is 234 Å². The predicted octanol–water partition coefficient (Wildman–Crippen LogP) is 4.38. The molecular formula is C30H36N8O2. The Bertz CT molecular complexity index is 1460. The number of carbonyl (C=O) groups excluding carboxylic acids is 1. The van der Waals surface area contributed by atoms with Crippen LogP contribution in [0.25, 0.3) is 11.1 Å². The van der Waals surface area contributed by atoms with E-state index in [-0.39, 0.29) is 11.5 Å². The Morgan fingerprint density at radius 2 is 1.65 bits per heavy atom. The highest BCUT2D eigenvalue weighted by Gasteiger charge is 2.21. The molecule has 40 heavy (non-hydrogen) atoms. The molecule has 1 unspecified atom stereocenters. The van der Waals surface area contributed by atoms with Crippen molar-refractivity contribution >= 4 is 17.4 Å². The standard InChI is InChI=1S/C30H36N8O2/c1-5-26-30(35-29(27(34-26)28(31)39)33-24-18-32-37(4)19-24)40-25-12-10-23(11-13-25)22-8-6-21(7-9-22)20(2)38-16-14-36(3)15-17-38/h6-13,18-20H,5,14-17H2,1-4H3,(H2,31,39)(H,33,35). The van der Waals surface area contributed by atoms with E-state index in [0.29, 0.717) is 35.5 Å². The maximum absolute atomic E-state index is 12.1. The lowest BCUT2D eigenvalue weighted by molar-refractivity contribution is 0.0996. The molecule has 208 valence electrons. The van der Waals surface area contributed by atoms with E-state index in [1.807, 2.05) is 31.2 Å². The molecule has 3 N–H and O–H groups in total. The number of nitrogens with one attached hydrogen (secondary N) is 1. The molecule has 3 heterocycles. The van der Waals surface area contributed by atoms with Crippen LogP contribution in [0.15, 0.2) is 60.9 Å². The summed E-state index contributed by atoms with van der Waals surface area (Å²) in [4.78, 5) is 26.0. The van der Waals surface area contributed by atoms with Crippen molar-refractivity contribution in [2.45, 2.75) is 26.3 Å². The number of ether oxygens (including phenoxy) is 1. The number of carbonyl (C=O) groups is 1. The summed E-state index contributed by atoms with van der Waals surface area (Å²) >= 11 is 0. The summed E-state index contributed by atoms with van der Waals surface area (Å²) < 4.78 is 7.78. The molecule has 0 bridgehead atoms. The largest absolute Gasteiger partial charge is 0.437 e. The monoisotopic (exact) mass is 540 g/mol. The molecule has 1 amide bonds. The number of piperazine rings is 1. The summed E-state index contributed by atoms with van der Waals surface area (Å²) in [6, 6.07) is 17.1. The van der Waals surface area contributed by atoms with Gasteiger partial charge in [-0.3, -0.25) is 14.4 Å². The molecule has 0 radical (unpaired) electrons. The van der Waals surface area contributed by atoms with Gasteiger partial charge in [0.05, 0.1) is 11.9 Å². The highest BCUT2D eigenvalue weighted by atomic mass is 16.5. The predicted molar refractivity (Wildman–Crippen MR) is 156 cm³/mol. The van der Waals surface area contributed by atoms with Gasteiger partial charge in [-0.25, -0.2) is 4.98 Å². The van der Waals surface area contributed by atoms with E-state index < -0.39 is 5.91 Å². The third kappa shape index (κ3) is 6.13. The second-order valence-corrected chi connectivity index (χ2v) is 10.2. The van der Waals surface area contributed by atoms with Gasteiger partial charge in [-0.2, -0.15) is 10.1 Å². The number of amides is 1. The first-order valence-electron chi connectivity index (χ1n) is 13.6. The van der Waals surface area contributed by atoms with E-state index in [4.69, 9.17) is 10.5 Å². The fourth-order valence-electron chi connectivity index (χ4n) is 4.85. The molecular weight excluding hydrogens is 504 g/mol. The van der Waals surface area contributed by atoms with Gasteiger partial charge in [0.25, 0.3) is 5.91 Å². The van der Waals surface area contributed by atoms with Crippen molar-refractivity contribution in [3.8, 4) is 22.8 Å². The molecule has 0 saturated carbocycles. The molecule has 0 aliphatic carbocycles. The Kier molecular flexibility index (Phi) is 8.09. The van der Waals surface area contributed by atoms with E-state index in [1.54, 1.807) is 24.1 Å². The average molecular weight is 541 g/mol. The van der Waals surface area contributed by atoms with Crippen molar-refractivity contribution in [1.29, 1.82) is 0 Å². The summed E-state index contributed by atoms with van der Waals surface area (Å²) in [5.74, 6) is 0.477. The van der Waals surface area contributed by atoms with Crippen molar-refractivity contribution in [1.82, 2.24) is 29.5 Å². The number of aromatic nitrogens is 4. The number of hydrogen-bond acceptors (Lipinski definition) is 8. The van der Waals surface area contributed by atoms with Crippen LogP contribution in [-0.4, -0.2) is 68.7 Å². The fraction of sp³-hybridized carbons (Fsp3) is 0.333. The quantitative estimate of drug-likeness (QED) is 0.321. The number of nitrogens with zero attached hydrogens (tertiary/aromatic N) is 6. The Hall–Kier alpha value is -4.28. The van der Waals surface area contributed by atoms with Crippen LogP contribution in [0.2, 0.25) is 0 Å². The van der Waals surface area contributed by atoms with Crippen molar-refractivity contribution in [3.05, 3.63) is 77.9 Å². The molecule has 0 spiro atoms. The van der Waals surface area contributed by atoms with Crippen LogP contribution in [0, 0.1) is 0 Å². The normalized spacial score (nSPS) is 15.1. The summed E-state index contributed by atoms with van der Waals surface area (Å²) in [6.07, 6.45) is 3.91. The van der Waals surface area contributed by atoms with Gasteiger partial charge in [0, 0.05) is 45.5 Å². The Balaban J connectivity index is 1.32. The van der Waals surface area contributed by atoms with Crippen molar-refractivity contribution in [2.24, 2.45) is 12.8 Å². The molecule has 1 fully saturated rings. The van der Waals surface area contributed by atoms with Crippen LogP contribution in [-0.2, 0) is 13.5 Å². The van der Waals surface area contributed by atoms with Crippen molar-refractivity contribution in [2.75, 3.05) is 38.5 Å². The molecule has 1 saturated heterocycles. The van der Waals surface area contributed by atoms with Crippen LogP contribution < -0.4 is 15.8 Å². The van der Waals surface area contributed by atoms with E-state index in [9.17, 15) is 4.79 Å². The molecule has 4 aromatic rings. The topological polar surface area (TPSA) is 114 Å². The highest BCUT2D eigenvalue weighted by Crippen LogP contribution is 2.30. The zero-order chi connectivity index (χ0) is 28.2. The van der Waals surface area contributed by atoms with Crippen molar-refractivity contribution < 1.29 is 9.53 Å². The minimum Gasteiger partial charge on any atom is -0.437 e. The van der Waals surface area contributed by atoms with Gasteiger partial charge >= 0.3 is 0 Å². The van der Waals surface area contributed by atoms with Crippen LogP contribution in [0.5, 0.6) is 11.6 Å². The van der Waals surface area contributed by atoms with Gasteiger partial charge in [0.1, 0.15) is 11.4 Å². The highest BCUT2D eigenvalue weighted by molar-refractivity contribution is 5.96. The number of likely N-dealkylation sites (N-methyl/N-ethyl adjacent to an activating group) is 1. The molecule has 2 aromatic carbocycles. The summed E-state index contributed by atoms with van der Waals surface area (Å²) in [6.45, 7) is 8.62. The fourth-order valence-corrected chi connectivity index (χ4v) is 4.85. The lowest BCUT2D eigenvalue weighted by atomic mass is 10.0. The molecule has 1 aliphatic rings. The van der Waals surface area contributed by atoms with Gasteiger partial charge in [0.2, 0.25) is 5.88 Å². The smallest absolute Gasteiger partial charge is 0.271 e. The Morgan fingerprint density at radius 3 is 2.23 bits per heavy atom. The number of anilines is 2. The van der Waals surface area contributed by atoms with Crippen LogP contribution >= 0.6 is 0 Å². The number of primary amides is 1. The maximum atomic E-state index is 12.1. The first-order valence-corrected chi connectivity index (χ1v) is 13.6. The van der Waals surface area contributed by atoms with E-state index in [0.717, 1.165) is 37.3 Å². The molecule has 1 atom stereocenters. The lowest BCUT2D eigenvalue weighted by Gasteiger charge is -2.36. The number of aryl methyl sites for hydroxylation is 2. The van der Waals surface area contributed by atoms with Gasteiger partial charge in [-0.05, 0) is 49.2 Å². The SMILES string of the molecule is CCc1nc(C(N)=O)c(Nc2cnn(C)c2)nc1Oc1ccc(-c2ccc(C(C)N3CCN(C)CC3)cc2)cc1. The van der Waals surface area contributed by atoms with E-state index in [1.165, 1.54) is 5.56 Å². The number of benzene rings is 2. The second-order valence-electron chi connectivity index (χ2n) is 10.2. The average Bonchev–Trinajstić information content (AvgIpc) is 3.38. The summed E-state index contributed by atoms with van der Waals surface area (Å²) in [5.41, 5.74) is 10.4. The molecule has 2 aromatic heterocycles. The van der Waals surface area contributed by atoms with Gasteiger partial charge in [-0.1, -0.05) is 43.3 Å². The maximum Gasteiger partial charge on any atom is 0.271 e. The van der Waals surface area contributed by atoms with Crippen LogP contribution in [0.3, 0.4) is 0 Å². The number of hydrogen-bond donors (Lipinski definition) is 2. The van der Waals surface area contributed by atoms with Gasteiger partial charge < -0.3 is 20.7 Å². The zero-order valence-electron chi connectivity index (χ0n) is 23.5. The third-order valence-electron chi connectivity index (χ3n) is 7.35. The van der Waals surface area contributed by atoms with Crippen molar-refractivity contribution in [3.63, 3.8) is 0 Å². The molecule has 10 nitrogen and oxygen atoms in total. The van der Waals surface area contributed by atoms with Gasteiger partial charge in [-0.15, -0.1) is 0 Å². The first kappa shape index (κ1) is 27.3. The molecule has 5 rings (SSSR count). The second kappa shape index (κ2) is 11.8. The summed E-state index contributed by atoms with van der Waals surface area (Å²) in [7, 11) is 3.98. The first-order chi connectivity index (χ1) is 19.3. The number of rotatable bonds is 9. The Morgan fingerprint density at radius 1 is 1.00 bits per heavy atom. The lowest BCUT2D eigenvalue weighted by Crippen LogP contribution is -2.45. The van der Waals surface area contributed by atoms with Crippen LogP contribution in [0.4, 0.5) is 11.5 Å². The number of nitrogens with two attached hydrogens (primary N) is 1. The van der Waals surface area contributed by atoms with E-state index in [2.05, 4.69) is 68.4 Å². The van der Waals surface area contributed by atoms with Gasteiger partial charge in [0.15, 0.2) is 11.5 Å². The minimum atomic E-state index is -0.673. The van der Waals surface area contributed by atoms with Crippen LogP contribution in [0.1, 0.15) is 41.6 Å². The third-order valence-corrected chi connectivity index (χ3v) is 7.35. The van der Waals surface area contributed by atoms with E-state index >= 15 is 0 Å². The molecule has 1 aliphatic heterocycles. The summed E-state index contributed by atoms with van der Waals surface area (Å²) in [5, 5.41) is 7.21. The minimum absolute atomic E-state index is 0.0498.